The second-order valence-corrected chi connectivity index (χ2v) is 9.35. The van der Waals surface area contributed by atoms with Gasteiger partial charge < -0.3 is 10.6 Å². The van der Waals surface area contributed by atoms with Crippen molar-refractivity contribution < 1.29 is 4.79 Å². The van der Waals surface area contributed by atoms with E-state index in [0.29, 0.717) is 11.3 Å². The lowest BCUT2D eigenvalue weighted by Crippen LogP contribution is -2.39. The maximum absolute atomic E-state index is 12.9. The molecule has 5 nitrogen and oxygen atoms in total. The van der Waals surface area contributed by atoms with Gasteiger partial charge in [-0.2, -0.15) is 0 Å². The molecule has 0 saturated carbocycles. The van der Waals surface area contributed by atoms with Gasteiger partial charge in [-0.25, -0.2) is 4.98 Å². The molecule has 154 valence electrons. The first kappa shape index (κ1) is 21.2. The van der Waals surface area contributed by atoms with Crippen LogP contribution in [0, 0.1) is 12.3 Å². The average molecular weight is 393 g/mol. The second kappa shape index (κ2) is 7.71. The van der Waals surface area contributed by atoms with E-state index >= 15 is 0 Å². The van der Waals surface area contributed by atoms with Crippen LogP contribution in [0.5, 0.6) is 0 Å². The Labute approximate surface area is 174 Å². The van der Waals surface area contributed by atoms with E-state index in [1.54, 1.807) is 6.20 Å². The Morgan fingerprint density at radius 2 is 2.03 bits per heavy atom. The summed E-state index contributed by atoms with van der Waals surface area (Å²) in [7, 11) is 0. The SMILES string of the molecule is C/C=C(/C(=O)C(C)(C)C)c1nc(-c2cccc(N3CCC(C)(N)C3)c2)cnc1C. The van der Waals surface area contributed by atoms with Crippen molar-refractivity contribution in [2.45, 2.75) is 53.5 Å². The number of hydrogen-bond donors (Lipinski definition) is 1. The lowest BCUT2D eigenvalue weighted by molar-refractivity contribution is -0.120. The molecule has 29 heavy (non-hydrogen) atoms. The van der Waals surface area contributed by atoms with E-state index in [4.69, 9.17) is 10.7 Å². The van der Waals surface area contributed by atoms with Gasteiger partial charge in [0, 0.05) is 40.9 Å². The van der Waals surface area contributed by atoms with E-state index in [1.807, 2.05) is 52.8 Å². The summed E-state index contributed by atoms with van der Waals surface area (Å²) in [5.74, 6) is 0.0719. The Kier molecular flexibility index (Phi) is 5.63. The molecule has 1 unspecified atom stereocenters. The van der Waals surface area contributed by atoms with E-state index < -0.39 is 5.41 Å². The number of hydrogen-bond acceptors (Lipinski definition) is 5. The zero-order valence-electron chi connectivity index (χ0n) is 18.4. The standard InChI is InChI=1S/C24H32N4O/c1-7-19(22(29)23(3,4)5)21-16(2)26-14-20(27-21)17-9-8-10-18(13-17)28-12-11-24(6,25)15-28/h7-10,13-14H,11-12,15,25H2,1-6H3/b19-7+. The number of benzene rings is 1. The highest BCUT2D eigenvalue weighted by atomic mass is 16.1. The van der Waals surface area contributed by atoms with Crippen molar-refractivity contribution in [3.63, 3.8) is 0 Å². The number of anilines is 1. The summed E-state index contributed by atoms with van der Waals surface area (Å²) in [5.41, 5.74) is 10.6. The van der Waals surface area contributed by atoms with Gasteiger partial charge >= 0.3 is 0 Å². The number of carbonyl (C=O) groups excluding carboxylic acids is 1. The van der Waals surface area contributed by atoms with Crippen LogP contribution in [0.15, 0.2) is 36.5 Å². The molecule has 1 aliphatic rings. The summed E-state index contributed by atoms with van der Waals surface area (Å²) in [6.07, 6.45) is 4.60. The molecule has 1 aromatic carbocycles. The first-order valence-corrected chi connectivity index (χ1v) is 10.2. The molecule has 1 fully saturated rings. The molecular weight excluding hydrogens is 360 g/mol. The number of aromatic nitrogens is 2. The van der Waals surface area contributed by atoms with Crippen LogP contribution in [-0.4, -0.2) is 34.4 Å². The van der Waals surface area contributed by atoms with Crippen LogP contribution in [0.4, 0.5) is 5.69 Å². The van der Waals surface area contributed by atoms with Crippen molar-refractivity contribution in [2.24, 2.45) is 11.1 Å². The zero-order valence-corrected chi connectivity index (χ0v) is 18.4. The van der Waals surface area contributed by atoms with Crippen LogP contribution in [0.25, 0.3) is 16.8 Å². The van der Waals surface area contributed by atoms with Crippen molar-refractivity contribution in [2.75, 3.05) is 18.0 Å². The molecule has 0 spiro atoms. The lowest BCUT2D eigenvalue weighted by atomic mass is 9.84. The fourth-order valence-electron chi connectivity index (χ4n) is 3.69. The van der Waals surface area contributed by atoms with Gasteiger partial charge in [0.1, 0.15) is 0 Å². The van der Waals surface area contributed by atoms with Gasteiger partial charge in [-0.3, -0.25) is 9.78 Å². The summed E-state index contributed by atoms with van der Waals surface area (Å²) in [6, 6.07) is 8.31. The minimum absolute atomic E-state index is 0.0719. The molecule has 0 aliphatic carbocycles. The first-order chi connectivity index (χ1) is 13.5. The number of rotatable bonds is 4. The Bertz CT molecular complexity index is 954. The molecular formula is C24H32N4O. The second-order valence-electron chi connectivity index (χ2n) is 9.35. The van der Waals surface area contributed by atoms with Crippen LogP contribution in [0.2, 0.25) is 0 Å². The maximum atomic E-state index is 12.9. The highest BCUT2D eigenvalue weighted by Crippen LogP contribution is 2.31. The van der Waals surface area contributed by atoms with E-state index in [0.717, 1.165) is 42.1 Å². The molecule has 0 radical (unpaired) electrons. The third kappa shape index (κ3) is 4.56. The van der Waals surface area contributed by atoms with Crippen LogP contribution in [0.3, 0.4) is 0 Å². The fourth-order valence-corrected chi connectivity index (χ4v) is 3.69. The number of nitrogens with zero attached hydrogens (tertiary/aromatic N) is 3. The third-order valence-corrected chi connectivity index (χ3v) is 5.44. The molecule has 2 aromatic rings. The molecule has 1 aromatic heterocycles. The average Bonchev–Trinajstić information content (AvgIpc) is 3.03. The van der Waals surface area contributed by atoms with Crippen molar-refractivity contribution in [3.8, 4) is 11.3 Å². The van der Waals surface area contributed by atoms with Crippen LogP contribution < -0.4 is 10.6 Å². The van der Waals surface area contributed by atoms with Gasteiger partial charge in [0.05, 0.1) is 23.3 Å². The summed E-state index contributed by atoms with van der Waals surface area (Å²) in [5, 5.41) is 0. The molecule has 1 atom stereocenters. The van der Waals surface area contributed by atoms with Gasteiger partial charge in [-0.15, -0.1) is 0 Å². The van der Waals surface area contributed by atoms with Crippen molar-refractivity contribution in [1.82, 2.24) is 9.97 Å². The summed E-state index contributed by atoms with van der Waals surface area (Å²) in [4.78, 5) is 24.6. The molecule has 2 heterocycles. The summed E-state index contributed by atoms with van der Waals surface area (Å²) in [6.45, 7) is 13.4. The molecule has 1 saturated heterocycles. The molecule has 0 amide bonds. The third-order valence-electron chi connectivity index (χ3n) is 5.44. The number of carbonyl (C=O) groups is 1. The first-order valence-electron chi connectivity index (χ1n) is 10.2. The van der Waals surface area contributed by atoms with Gasteiger partial charge in [0.15, 0.2) is 5.78 Å². The summed E-state index contributed by atoms with van der Waals surface area (Å²) >= 11 is 0. The largest absolute Gasteiger partial charge is 0.370 e. The zero-order chi connectivity index (χ0) is 21.4. The van der Waals surface area contributed by atoms with Crippen molar-refractivity contribution in [1.29, 1.82) is 0 Å². The van der Waals surface area contributed by atoms with E-state index in [2.05, 4.69) is 28.9 Å². The van der Waals surface area contributed by atoms with Crippen LogP contribution in [0.1, 0.15) is 52.4 Å². The quantitative estimate of drug-likeness (QED) is 0.781. The number of aryl methyl sites for hydroxylation is 1. The minimum atomic E-state index is -0.476. The lowest BCUT2D eigenvalue weighted by Gasteiger charge is -2.22. The normalized spacial score (nSPS) is 20.2. The van der Waals surface area contributed by atoms with Crippen LogP contribution >= 0.6 is 0 Å². The molecule has 0 bridgehead atoms. The smallest absolute Gasteiger partial charge is 0.170 e. The number of Topliss-reactive ketones (excluding diaryl/α,β-unsaturated/α-hetero) is 1. The van der Waals surface area contributed by atoms with Gasteiger partial charge in [0.25, 0.3) is 0 Å². The fraction of sp³-hybridized carbons (Fsp3) is 0.458. The van der Waals surface area contributed by atoms with Gasteiger partial charge in [-0.1, -0.05) is 39.0 Å². The van der Waals surface area contributed by atoms with E-state index in [9.17, 15) is 4.79 Å². The van der Waals surface area contributed by atoms with E-state index in [-0.39, 0.29) is 11.3 Å². The Balaban J connectivity index is 1.98. The van der Waals surface area contributed by atoms with Crippen molar-refractivity contribution in [3.05, 3.63) is 47.9 Å². The molecule has 1 aliphatic heterocycles. The maximum Gasteiger partial charge on any atom is 0.170 e. The minimum Gasteiger partial charge on any atom is -0.370 e. The monoisotopic (exact) mass is 392 g/mol. The number of ketones is 1. The Morgan fingerprint density at radius 3 is 2.62 bits per heavy atom. The van der Waals surface area contributed by atoms with Gasteiger partial charge in [-0.05, 0) is 39.3 Å². The Hall–Kier alpha value is -2.53. The van der Waals surface area contributed by atoms with Crippen molar-refractivity contribution >= 4 is 17.0 Å². The number of allylic oxidation sites excluding steroid dienone is 2. The van der Waals surface area contributed by atoms with Crippen LogP contribution in [-0.2, 0) is 4.79 Å². The van der Waals surface area contributed by atoms with E-state index in [1.165, 1.54) is 0 Å². The summed E-state index contributed by atoms with van der Waals surface area (Å²) < 4.78 is 0. The van der Waals surface area contributed by atoms with Gasteiger partial charge in [0.2, 0.25) is 0 Å². The number of nitrogens with two attached hydrogens (primary N) is 1. The molecule has 2 N–H and O–H groups in total. The molecule has 5 heteroatoms. The highest BCUT2D eigenvalue weighted by molar-refractivity contribution is 6.22. The molecule has 3 rings (SSSR count). The highest BCUT2D eigenvalue weighted by Gasteiger charge is 2.30. The predicted octanol–water partition coefficient (Wildman–Crippen LogP) is 4.40. The Morgan fingerprint density at radius 1 is 1.31 bits per heavy atom. The topological polar surface area (TPSA) is 72.1 Å². The predicted molar refractivity (Wildman–Crippen MR) is 120 cm³/mol.